The molecule has 6 heteroatoms. The summed E-state index contributed by atoms with van der Waals surface area (Å²) >= 11 is 1.73. The highest BCUT2D eigenvalue weighted by Gasteiger charge is 2.38. The number of para-hydroxylation sites is 1. The number of ketones is 1. The van der Waals surface area contributed by atoms with Gasteiger partial charge in [-0.2, -0.15) is 0 Å². The molecule has 28 heavy (non-hydrogen) atoms. The minimum Gasteiger partial charge on any atom is -0.291 e. The van der Waals surface area contributed by atoms with Gasteiger partial charge in [0.05, 0.1) is 34.2 Å². The van der Waals surface area contributed by atoms with Crippen LogP contribution in [0.25, 0.3) is 10.2 Å². The van der Waals surface area contributed by atoms with Crippen LogP contribution in [-0.4, -0.2) is 34.8 Å². The topological polar surface area (TPSA) is 53.5 Å². The standard InChI is InChI=1S/C22H21N3O2S/c1-14-9-10-17-15(12-14)20(26)22(27)25(17)13-24-11-5-4-7-18(24)21-23-16-6-2-3-8-19(16)28-21/h2-3,6,8-10,12,18H,4-5,7,11,13H2,1H3/t18-/m1/s1. The largest absolute Gasteiger partial charge is 0.300 e. The highest BCUT2D eigenvalue weighted by molar-refractivity contribution is 7.18. The molecule has 0 spiro atoms. The molecule has 142 valence electrons. The van der Waals surface area contributed by atoms with Gasteiger partial charge in [0.2, 0.25) is 0 Å². The Balaban J connectivity index is 1.46. The number of benzene rings is 2. The second-order valence-electron chi connectivity index (χ2n) is 7.57. The fourth-order valence-electron chi connectivity index (χ4n) is 4.21. The lowest BCUT2D eigenvalue weighted by atomic mass is 10.0. The normalized spacial score (nSPS) is 20.2. The number of carbonyl (C=O) groups is 2. The summed E-state index contributed by atoms with van der Waals surface area (Å²) in [5, 5.41) is 1.10. The van der Waals surface area contributed by atoms with E-state index in [1.165, 1.54) is 4.70 Å². The summed E-state index contributed by atoms with van der Waals surface area (Å²) in [7, 11) is 0. The SMILES string of the molecule is Cc1ccc2c(c1)C(=O)C(=O)N2CN1CCCC[C@@H]1c1nc2ccccc2s1. The summed E-state index contributed by atoms with van der Waals surface area (Å²) < 4.78 is 1.19. The Bertz CT molecular complexity index is 1060. The van der Waals surface area contributed by atoms with Gasteiger partial charge in [0.25, 0.3) is 5.78 Å². The zero-order chi connectivity index (χ0) is 19.3. The van der Waals surface area contributed by atoms with E-state index < -0.39 is 11.7 Å². The predicted molar refractivity (Wildman–Crippen MR) is 111 cm³/mol. The van der Waals surface area contributed by atoms with Crippen molar-refractivity contribution in [1.29, 1.82) is 0 Å². The number of aryl methyl sites for hydroxylation is 1. The van der Waals surface area contributed by atoms with Crippen molar-refractivity contribution in [2.24, 2.45) is 0 Å². The number of Topliss-reactive ketones (excluding diaryl/α,β-unsaturated/α-hetero) is 1. The van der Waals surface area contributed by atoms with Crippen LogP contribution in [0, 0.1) is 6.92 Å². The molecule has 2 aliphatic heterocycles. The van der Waals surface area contributed by atoms with Crippen LogP contribution >= 0.6 is 11.3 Å². The predicted octanol–water partition coefficient (Wildman–Crippen LogP) is 4.32. The van der Waals surface area contributed by atoms with Crippen LogP contribution in [0.1, 0.15) is 46.2 Å². The van der Waals surface area contributed by atoms with Crippen LogP contribution in [0.15, 0.2) is 42.5 Å². The van der Waals surface area contributed by atoms with Crippen molar-refractivity contribution in [3.05, 3.63) is 58.6 Å². The van der Waals surface area contributed by atoms with Gasteiger partial charge in [-0.25, -0.2) is 4.98 Å². The lowest BCUT2D eigenvalue weighted by Crippen LogP contribution is -2.44. The minimum atomic E-state index is -0.422. The number of carbonyl (C=O) groups excluding carboxylic acids is 2. The second-order valence-corrected chi connectivity index (χ2v) is 8.63. The van der Waals surface area contributed by atoms with Crippen molar-refractivity contribution in [1.82, 2.24) is 9.88 Å². The van der Waals surface area contributed by atoms with E-state index in [-0.39, 0.29) is 6.04 Å². The molecular weight excluding hydrogens is 370 g/mol. The molecule has 2 aliphatic rings. The number of hydrogen-bond acceptors (Lipinski definition) is 5. The zero-order valence-electron chi connectivity index (χ0n) is 15.7. The van der Waals surface area contributed by atoms with Crippen LogP contribution in [0.4, 0.5) is 5.69 Å². The van der Waals surface area contributed by atoms with E-state index in [1.54, 1.807) is 16.2 Å². The van der Waals surface area contributed by atoms with Crippen LogP contribution in [0.2, 0.25) is 0 Å². The molecule has 0 bridgehead atoms. The summed E-state index contributed by atoms with van der Waals surface area (Å²) in [6.07, 6.45) is 3.27. The molecular formula is C22H21N3O2S. The number of aromatic nitrogens is 1. The molecule has 1 saturated heterocycles. The van der Waals surface area contributed by atoms with E-state index in [2.05, 4.69) is 11.0 Å². The number of amides is 1. The maximum absolute atomic E-state index is 12.7. The van der Waals surface area contributed by atoms with E-state index in [1.807, 2.05) is 43.3 Å². The number of anilines is 1. The Labute approximate surface area is 167 Å². The first-order valence-corrected chi connectivity index (χ1v) is 10.5. The number of thiazole rings is 1. The molecule has 3 heterocycles. The molecule has 1 amide bonds. The lowest BCUT2D eigenvalue weighted by molar-refractivity contribution is -0.114. The fourth-order valence-corrected chi connectivity index (χ4v) is 5.35. The zero-order valence-corrected chi connectivity index (χ0v) is 16.5. The third kappa shape index (κ3) is 2.84. The number of fused-ring (bicyclic) bond motifs is 2. The number of hydrogen-bond donors (Lipinski definition) is 0. The molecule has 1 aromatic heterocycles. The average molecular weight is 391 g/mol. The molecule has 0 unspecified atom stereocenters. The van der Waals surface area contributed by atoms with E-state index in [0.717, 1.165) is 47.6 Å². The summed E-state index contributed by atoms with van der Waals surface area (Å²) in [6.45, 7) is 3.27. The maximum Gasteiger partial charge on any atom is 0.300 e. The molecule has 5 rings (SSSR count). The Morgan fingerprint density at radius 3 is 2.86 bits per heavy atom. The quantitative estimate of drug-likeness (QED) is 0.624. The van der Waals surface area contributed by atoms with Gasteiger partial charge in [0.1, 0.15) is 5.01 Å². The maximum atomic E-state index is 12.7. The molecule has 5 nitrogen and oxygen atoms in total. The lowest BCUT2D eigenvalue weighted by Gasteiger charge is -2.36. The molecule has 0 radical (unpaired) electrons. The van der Waals surface area contributed by atoms with Crippen molar-refractivity contribution in [3.63, 3.8) is 0 Å². The van der Waals surface area contributed by atoms with Gasteiger partial charge in [-0.15, -0.1) is 11.3 Å². The highest BCUT2D eigenvalue weighted by Crippen LogP contribution is 2.37. The molecule has 0 saturated carbocycles. The fraction of sp³-hybridized carbons (Fsp3) is 0.318. The summed E-state index contributed by atoms with van der Waals surface area (Å²) in [5.41, 5.74) is 3.28. The van der Waals surface area contributed by atoms with Gasteiger partial charge >= 0.3 is 5.91 Å². The molecule has 1 atom stereocenters. The van der Waals surface area contributed by atoms with Gasteiger partial charge in [0, 0.05) is 6.54 Å². The number of likely N-dealkylation sites (tertiary alicyclic amines) is 1. The first-order chi connectivity index (χ1) is 13.6. The molecule has 3 aromatic rings. The molecule has 1 fully saturated rings. The molecule has 2 aromatic carbocycles. The van der Waals surface area contributed by atoms with Crippen LogP contribution in [-0.2, 0) is 4.79 Å². The molecule has 0 N–H and O–H groups in total. The van der Waals surface area contributed by atoms with E-state index >= 15 is 0 Å². The van der Waals surface area contributed by atoms with E-state index in [0.29, 0.717) is 12.2 Å². The third-order valence-corrected chi connectivity index (χ3v) is 6.80. The van der Waals surface area contributed by atoms with Crippen molar-refractivity contribution < 1.29 is 9.59 Å². The second kappa shape index (κ2) is 6.79. The molecule has 0 aliphatic carbocycles. The third-order valence-electron chi connectivity index (χ3n) is 5.66. The smallest absolute Gasteiger partial charge is 0.291 e. The monoisotopic (exact) mass is 391 g/mol. The van der Waals surface area contributed by atoms with E-state index in [9.17, 15) is 9.59 Å². The Morgan fingerprint density at radius 2 is 2.00 bits per heavy atom. The van der Waals surface area contributed by atoms with Gasteiger partial charge in [-0.3, -0.25) is 19.4 Å². The Hall–Kier alpha value is -2.57. The number of piperidine rings is 1. The van der Waals surface area contributed by atoms with Crippen LogP contribution in [0.5, 0.6) is 0 Å². The highest BCUT2D eigenvalue weighted by atomic mass is 32.1. The van der Waals surface area contributed by atoms with Gasteiger partial charge in [-0.1, -0.05) is 30.2 Å². The van der Waals surface area contributed by atoms with Crippen LogP contribution < -0.4 is 4.90 Å². The minimum absolute atomic E-state index is 0.184. The summed E-state index contributed by atoms with van der Waals surface area (Å²) in [6, 6.07) is 14.0. The van der Waals surface area contributed by atoms with Crippen molar-refractivity contribution in [2.45, 2.75) is 32.2 Å². The average Bonchev–Trinajstić information content (AvgIpc) is 3.24. The van der Waals surface area contributed by atoms with Crippen molar-refractivity contribution in [2.75, 3.05) is 18.1 Å². The van der Waals surface area contributed by atoms with Crippen molar-refractivity contribution >= 4 is 38.9 Å². The van der Waals surface area contributed by atoms with Crippen molar-refractivity contribution in [3.8, 4) is 0 Å². The first-order valence-electron chi connectivity index (χ1n) is 9.68. The number of rotatable bonds is 3. The van der Waals surface area contributed by atoms with Gasteiger partial charge in [-0.05, 0) is 44.0 Å². The first kappa shape index (κ1) is 17.5. The van der Waals surface area contributed by atoms with Gasteiger partial charge < -0.3 is 0 Å². The van der Waals surface area contributed by atoms with Gasteiger partial charge in [0.15, 0.2) is 0 Å². The Morgan fingerprint density at radius 1 is 1.14 bits per heavy atom. The number of nitrogens with zero attached hydrogens (tertiary/aromatic N) is 3. The van der Waals surface area contributed by atoms with E-state index in [4.69, 9.17) is 4.98 Å². The Kier molecular flexibility index (Phi) is 4.25. The summed E-state index contributed by atoms with van der Waals surface area (Å²) in [4.78, 5) is 33.9. The summed E-state index contributed by atoms with van der Waals surface area (Å²) in [5.74, 6) is -0.818. The van der Waals surface area contributed by atoms with Crippen LogP contribution in [0.3, 0.4) is 0 Å².